The average Bonchev–Trinajstić information content (AvgIpc) is 3.27. The molecule has 1 spiro atoms. The largest absolute Gasteiger partial charge is 0.508 e. The van der Waals surface area contributed by atoms with Gasteiger partial charge in [0.05, 0.1) is 5.41 Å². The van der Waals surface area contributed by atoms with E-state index in [4.69, 9.17) is 4.18 Å². The number of fused-ring (bicyclic) bond motifs is 10. The lowest BCUT2D eigenvalue weighted by atomic mass is 9.70. The minimum atomic E-state index is -4.98. The van der Waals surface area contributed by atoms with Crippen molar-refractivity contribution in [3.05, 3.63) is 113 Å². The number of rotatable bonds is 2. The molecule has 1 unspecified atom stereocenters. The van der Waals surface area contributed by atoms with Gasteiger partial charge in [0, 0.05) is 5.56 Å². The molecular weight excluding hydrogens is 433 g/mol. The number of alkyl halides is 3. The highest BCUT2D eigenvalue weighted by atomic mass is 32.2. The summed E-state index contributed by atoms with van der Waals surface area (Å²) in [6.45, 7) is 0. The molecule has 4 aromatic carbocycles. The Bertz CT molecular complexity index is 1360. The first-order valence-corrected chi connectivity index (χ1v) is 11.1. The predicted molar refractivity (Wildman–Crippen MR) is 118 cm³/mol. The van der Waals surface area contributed by atoms with Crippen LogP contribution in [0.15, 0.2) is 91.0 Å². The maximum atomic E-state index is 13.2. The van der Waals surface area contributed by atoms with Gasteiger partial charge in [-0.2, -0.15) is 13.2 Å². The topological polar surface area (TPSA) is 26.3 Å². The van der Waals surface area contributed by atoms with Crippen LogP contribution < -0.4 is 4.18 Å². The molecule has 4 aromatic rings. The van der Waals surface area contributed by atoms with Gasteiger partial charge in [0.15, 0.2) is 0 Å². The minimum absolute atomic E-state index is 0.0270. The molecule has 0 heterocycles. The molecule has 2 nitrogen and oxygen atoms in total. The second-order valence-electron chi connectivity index (χ2n) is 7.83. The van der Waals surface area contributed by atoms with Gasteiger partial charge in [-0.25, -0.2) is 4.21 Å². The van der Waals surface area contributed by atoms with E-state index in [1.54, 1.807) is 6.07 Å². The van der Waals surface area contributed by atoms with Gasteiger partial charge in [-0.3, -0.25) is 0 Å². The monoisotopic (exact) mass is 448 g/mol. The fraction of sp³-hybridized carbons (Fsp3) is 0.0769. The van der Waals surface area contributed by atoms with Crippen molar-refractivity contribution in [1.82, 2.24) is 0 Å². The highest BCUT2D eigenvalue weighted by Gasteiger charge is 2.53. The van der Waals surface area contributed by atoms with E-state index in [-0.39, 0.29) is 5.75 Å². The first-order chi connectivity index (χ1) is 15.4. The quantitative estimate of drug-likeness (QED) is 0.299. The van der Waals surface area contributed by atoms with Crippen LogP contribution >= 0.6 is 0 Å². The molecule has 6 heteroatoms. The zero-order chi connectivity index (χ0) is 22.1. The zero-order valence-electron chi connectivity index (χ0n) is 16.5. The number of halogens is 3. The van der Waals surface area contributed by atoms with Crippen molar-refractivity contribution in [2.75, 3.05) is 0 Å². The third-order valence-corrected chi connectivity index (χ3v) is 7.04. The smallest absolute Gasteiger partial charge is 0.394 e. The Morgan fingerprint density at radius 3 is 1.56 bits per heavy atom. The van der Waals surface area contributed by atoms with Crippen LogP contribution in [0, 0.1) is 0 Å². The third kappa shape index (κ3) is 2.38. The van der Waals surface area contributed by atoms with Gasteiger partial charge in [0.25, 0.3) is 0 Å². The van der Waals surface area contributed by atoms with Crippen LogP contribution in [0.5, 0.6) is 5.75 Å². The normalized spacial score (nSPS) is 15.6. The maximum Gasteiger partial charge on any atom is 0.508 e. The Morgan fingerprint density at radius 1 is 0.625 bits per heavy atom. The predicted octanol–water partition coefficient (Wildman–Crippen LogP) is 6.59. The van der Waals surface area contributed by atoms with Crippen molar-refractivity contribution in [1.29, 1.82) is 0 Å². The third-order valence-electron chi connectivity index (χ3n) is 6.33. The van der Waals surface area contributed by atoms with Gasteiger partial charge >= 0.3 is 16.6 Å². The van der Waals surface area contributed by atoms with Crippen LogP contribution in [0.3, 0.4) is 0 Å². The molecule has 2 aliphatic carbocycles. The van der Waals surface area contributed by atoms with Crippen molar-refractivity contribution >= 4 is 11.1 Å². The Morgan fingerprint density at radius 2 is 1.06 bits per heavy atom. The van der Waals surface area contributed by atoms with Gasteiger partial charge in [-0.1, -0.05) is 84.9 Å². The van der Waals surface area contributed by atoms with Crippen molar-refractivity contribution in [2.45, 2.75) is 10.9 Å². The lowest BCUT2D eigenvalue weighted by Gasteiger charge is -2.31. The second kappa shape index (κ2) is 6.56. The first-order valence-electron chi connectivity index (χ1n) is 10.0. The van der Waals surface area contributed by atoms with E-state index in [9.17, 15) is 17.4 Å². The van der Waals surface area contributed by atoms with Gasteiger partial charge in [0.2, 0.25) is 0 Å². The van der Waals surface area contributed by atoms with Crippen LogP contribution in [0.1, 0.15) is 22.3 Å². The molecule has 1 atom stereocenters. The molecule has 0 N–H and O–H groups in total. The number of hydrogen-bond donors (Lipinski definition) is 0. The van der Waals surface area contributed by atoms with Crippen molar-refractivity contribution < 1.29 is 21.6 Å². The zero-order valence-corrected chi connectivity index (χ0v) is 17.3. The molecule has 2 aliphatic rings. The maximum absolute atomic E-state index is 13.2. The van der Waals surface area contributed by atoms with Crippen molar-refractivity contribution in [3.63, 3.8) is 0 Å². The van der Waals surface area contributed by atoms with Crippen molar-refractivity contribution in [2.24, 2.45) is 0 Å². The Hall–Kier alpha value is -3.38. The summed E-state index contributed by atoms with van der Waals surface area (Å²) in [5.74, 6) is -0.0270. The molecule has 0 aliphatic heterocycles. The SMILES string of the molecule is O=S(Oc1cccc2c1C1(c3ccccc3-c3ccccc31)c1ccccc1-2)C(F)(F)F. The van der Waals surface area contributed by atoms with E-state index in [2.05, 4.69) is 0 Å². The summed E-state index contributed by atoms with van der Waals surface area (Å²) in [5, 5.41) is 0. The molecule has 0 saturated heterocycles. The van der Waals surface area contributed by atoms with Gasteiger partial charge < -0.3 is 4.18 Å². The second-order valence-corrected chi connectivity index (χ2v) is 8.93. The standard InChI is InChI=1S/C26H15F3O2S/c27-26(28,29)32(30)31-23-15-7-11-19-18-10-3-6-14-22(18)25(24(19)23)20-12-4-1-8-16(20)17-9-2-5-13-21(17)25/h1-15H. The van der Waals surface area contributed by atoms with Gasteiger partial charge in [0.1, 0.15) is 5.75 Å². The lowest BCUT2D eigenvalue weighted by Crippen LogP contribution is -2.28. The van der Waals surface area contributed by atoms with Gasteiger partial charge in [-0.15, -0.1) is 0 Å². The van der Waals surface area contributed by atoms with Crippen LogP contribution in [0.2, 0.25) is 0 Å². The molecule has 32 heavy (non-hydrogen) atoms. The Labute approximate surface area is 185 Å². The Kier molecular flexibility index (Phi) is 3.96. The molecule has 0 saturated carbocycles. The molecule has 0 fully saturated rings. The van der Waals surface area contributed by atoms with Gasteiger partial charge in [-0.05, 0) is 45.0 Å². The fourth-order valence-corrected chi connectivity index (χ4v) is 5.71. The summed E-state index contributed by atoms with van der Waals surface area (Å²) in [7, 11) is 0. The number of hydrogen-bond acceptors (Lipinski definition) is 2. The summed E-state index contributed by atoms with van der Waals surface area (Å²) < 4.78 is 56.6. The van der Waals surface area contributed by atoms with E-state index in [0.717, 1.165) is 38.9 Å². The van der Waals surface area contributed by atoms with E-state index in [1.807, 2.05) is 78.9 Å². The van der Waals surface area contributed by atoms with E-state index >= 15 is 0 Å². The molecule has 6 rings (SSSR count). The highest BCUT2D eigenvalue weighted by Crippen LogP contribution is 2.64. The molecule has 0 bridgehead atoms. The Balaban J connectivity index is 1.75. The summed E-state index contributed by atoms with van der Waals surface area (Å²) in [4.78, 5) is 0. The lowest BCUT2D eigenvalue weighted by molar-refractivity contribution is -0.0437. The van der Waals surface area contributed by atoms with E-state index in [0.29, 0.717) is 5.56 Å². The first kappa shape index (κ1) is 19.3. The van der Waals surface area contributed by atoms with Crippen LogP contribution in [0.4, 0.5) is 13.2 Å². The van der Waals surface area contributed by atoms with Crippen molar-refractivity contribution in [3.8, 4) is 28.0 Å². The fourth-order valence-electron chi connectivity index (χ4n) is 5.31. The summed E-state index contributed by atoms with van der Waals surface area (Å²) in [5.41, 5.74) is 1.44. The number of benzene rings is 4. The molecule has 158 valence electrons. The summed E-state index contributed by atoms with van der Waals surface area (Å²) >= 11 is -3.48. The minimum Gasteiger partial charge on any atom is -0.394 e. The van der Waals surface area contributed by atoms with Crippen LogP contribution in [-0.2, 0) is 16.5 Å². The van der Waals surface area contributed by atoms with Crippen LogP contribution in [-0.4, -0.2) is 9.72 Å². The van der Waals surface area contributed by atoms with E-state index < -0.39 is 22.0 Å². The van der Waals surface area contributed by atoms with E-state index in [1.165, 1.54) is 6.07 Å². The summed E-state index contributed by atoms with van der Waals surface area (Å²) in [6, 6.07) is 28.7. The summed E-state index contributed by atoms with van der Waals surface area (Å²) in [6.07, 6.45) is 0. The average molecular weight is 448 g/mol. The molecule has 0 amide bonds. The molecule has 0 aromatic heterocycles. The highest BCUT2D eigenvalue weighted by molar-refractivity contribution is 7.81. The molecule has 0 radical (unpaired) electrons. The molecular formula is C26H15F3O2S. The van der Waals surface area contributed by atoms with Crippen LogP contribution in [0.25, 0.3) is 22.3 Å².